The van der Waals surface area contributed by atoms with Crippen molar-refractivity contribution in [2.45, 2.75) is 64.2 Å². The number of allylic oxidation sites excluding steroid dienone is 2. The van der Waals surface area contributed by atoms with E-state index in [4.69, 9.17) is 9.31 Å². The molecule has 1 fully saturated rings. The van der Waals surface area contributed by atoms with Crippen LogP contribution in [0.1, 0.15) is 40.2 Å². The zero-order valence-corrected chi connectivity index (χ0v) is 20.6. The molecule has 174 valence electrons. The van der Waals surface area contributed by atoms with Crippen molar-refractivity contribution in [2.75, 3.05) is 0 Å². The summed E-state index contributed by atoms with van der Waals surface area (Å²) < 4.78 is 42.0. The molecule has 9 heteroatoms. The van der Waals surface area contributed by atoms with Crippen molar-refractivity contribution in [3.8, 4) is 0 Å². The van der Waals surface area contributed by atoms with Gasteiger partial charge in [0.05, 0.1) is 16.1 Å². The molecule has 0 bridgehead atoms. The number of hydrogen-bond acceptors (Lipinski definition) is 5. The van der Waals surface area contributed by atoms with Crippen molar-refractivity contribution in [1.29, 1.82) is 0 Å². The first-order chi connectivity index (χ1) is 15.4. The third-order valence-electron chi connectivity index (χ3n) is 6.54. The topological polar surface area (TPSA) is 79.5 Å². The maximum atomic E-state index is 13.5. The largest absolute Gasteiger partial charge is 0.497 e. The SMILES string of the molecule is CC=CCn1cc(B2OC(C)(C)C(C)(C)O2)c2ccn(S(=O)(=O)c3ccc(C)cc3)c2c1=O. The third-order valence-corrected chi connectivity index (χ3v) is 8.23. The maximum Gasteiger partial charge on any atom is 0.497 e. The summed E-state index contributed by atoms with van der Waals surface area (Å²) in [6.45, 7) is 11.9. The summed E-state index contributed by atoms with van der Waals surface area (Å²) in [4.78, 5) is 13.5. The van der Waals surface area contributed by atoms with E-state index in [0.29, 0.717) is 17.4 Å². The first-order valence-electron chi connectivity index (χ1n) is 10.9. The van der Waals surface area contributed by atoms with Crippen molar-refractivity contribution in [1.82, 2.24) is 8.54 Å². The van der Waals surface area contributed by atoms with Crippen LogP contribution in [0.25, 0.3) is 10.9 Å². The Bertz CT molecular complexity index is 1380. The molecule has 1 aliphatic heterocycles. The summed E-state index contributed by atoms with van der Waals surface area (Å²) in [6.07, 6.45) is 6.81. The number of aryl methyl sites for hydroxylation is 1. The van der Waals surface area contributed by atoms with Gasteiger partial charge in [-0.2, -0.15) is 0 Å². The second-order valence-electron chi connectivity index (χ2n) is 9.39. The number of hydrogen-bond donors (Lipinski definition) is 0. The van der Waals surface area contributed by atoms with Gasteiger partial charge in [-0.25, -0.2) is 12.4 Å². The molecule has 3 heterocycles. The predicted octanol–water partition coefficient (Wildman–Crippen LogP) is 3.22. The van der Waals surface area contributed by atoms with Gasteiger partial charge in [-0.1, -0.05) is 29.8 Å². The highest BCUT2D eigenvalue weighted by Gasteiger charge is 2.52. The average molecular weight is 468 g/mol. The zero-order chi connectivity index (χ0) is 24.2. The molecule has 7 nitrogen and oxygen atoms in total. The summed E-state index contributed by atoms with van der Waals surface area (Å²) in [6, 6.07) is 8.21. The van der Waals surface area contributed by atoms with Gasteiger partial charge in [0.2, 0.25) is 0 Å². The van der Waals surface area contributed by atoms with Crippen LogP contribution in [0.15, 0.2) is 64.6 Å². The molecule has 0 atom stereocenters. The minimum absolute atomic E-state index is 0.0762. The van der Waals surface area contributed by atoms with Gasteiger partial charge >= 0.3 is 7.12 Å². The predicted molar refractivity (Wildman–Crippen MR) is 130 cm³/mol. The van der Waals surface area contributed by atoms with E-state index in [1.807, 2.05) is 53.7 Å². The van der Waals surface area contributed by atoms with E-state index in [-0.39, 0.29) is 10.4 Å². The highest BCUT2D eigenvalue weighted by molar-refractivity contribution is 7.90. The van der Waals surface area contributed by atoms with Gasteiger partial charge in [-0.05, 0) is 59.7 Å². The van der Waals surface area contributed by atoms with E-state index in [0.717, 1.165) is 9.54 Å². The van der Waals surface area contributed by atoms with Gasteiger partial charge in [0.1, 0.15) is 5.52 Å². The lowest BCUT2D eigenvalue weighted by atomic mass is 9.78. The van der Waals surface area contributed by atoms with Crippen LogP contribution in [0, 0.1) is 6.92 Å². The summed E-state index contributed by atoms with van der Waals surface area (Å²) in [5.74, 6) is 0. The highest BCUT2D eigenvalue weighted by Crippen LogP contribution is 2.37. The molecule has 33 heavy (non-hydrogen) atoms. The lowest BCUT2D eigenvalue weighted by Crippen LogP contribution is -2.41. The second-order valence-corrected chi connectivity index (χ2v) is 11.2. The van der Waals surface area contributed by atoms with E-state index in [1.165, 1.54) is 10.8 Å². The Morgan fingerprint density at radius 2 is 1.64 bits per heavy atom. The van der Waals surface area contributed by atoms with Gasteiger partial charge in [-0.15, -0.1) is 0 Å². The van der Waals surface area contributed by atoms with Gasteiger partial charge < -0.3 is 13.9 Å². The molecule has 0 radical (unpaired) electrons. The Morgan fingerprint density at radius 3 is 2.21 bits per heavy atom. The molecule has 0 aliphatic carbocycles. The number of aromatic nitrogens is 2. The molecule has 1 aliphatic rings. The Labute approximate surface area is 194 Å². The standard InChI is InChI=1S/C24H29BN2O5S/c1-7-8-14-26-16-20(25-31-23(3,4)24(5,6)32-25)19-13-15-27(21(19)22(26)28)33(29,30)18-11-9-17(2)10-12-18/h7-13,15-16H,14H2,1-6H3. The third kappa shape index (κ3) is 3.88. The Hall–Kier alpha value is -2.62. The van der Waals surface area contributed by atoms with Crippen LogP contribution in [0.3, 0.4) is 0 Å². The molecule has 2 aromatic heterocycles. The lowest BCUT2D eigenvalue weighted by Gasteiger charge is -2.32. The molecular weight excluding hydrogens is 439 g/mol. The lowest BCUT2D eigenvalue weighted by molar-refractivity contribution is 0.00578. The van der Waals surface area contributed by atoms with Crippen molar-refractivity contribution < 1.29 is 17.7 Å². The van der Waals surface area contributed by atoms with E-state index < -0.39 is 33.9 Å². The maximum absolute atomic E-state index is 13.5. The fourth-order valence-electron chi connectivity index (χ4n) is 3.83. The Morgan fingerprint density at radius 1 is 1.03 bits per heavy atom. The minimum atomic E-state index is -3.98. The molecule has 0 unspecified atom stereocenters. The van der Waals surface area contributed by atoms with Crippen molar-refractivity contribution in [3.63, 3.8) is 0 Å². The average Bonchev–Trinajstić information content (AvgIpc) is 3.27. The molecule has 0 spiro atoms. The fraction of sp³-hybridized carbons (Fsp3) is 0.375. The van der Waals surface area contributed by atoms with Crippen LogP contribution in [0.2, 0.25) is 0 Å². The minimum Gasteiger partial charge on any atom is -0.399 e. The van der Waals surface area contributed by atoms with Crippen LogP contribution >= 0.6 is 0 Å². The smallest absolute Gasteiger partial charge is 0.399 e. The van der Waals surface area contributed by atoms with Crippen molar-refractivity contribution >= 4 is 33.5 Å². The van der Waals surface area contributed by atoms with Crippen molar-refractivity contribution in [2.24, 2.45) is 0 Å². The second kappa shape index (κ2) is 8.00. The number of nitrogens with zero attached hydrogens (tertiary/aromatic N) is 2. The van der Waals surface area contributed by atoms with E-state index in [2.05, 4.69) is 0 Å². The number of pyridine rings is 1. The van der Waals surface area contributed by atoms with Crippen LogP contribution in [-0.4, -0.2) is 35.3 Å². The summed E-state index contributed by atoms with van der Waals surface area (Å²) in [7, 11) is -4.72. The molecule has 1 saturated heterocycles. The summed E-state index contributed by atoms with van der Waals surface area (Å²) >= 11 is 0. The zero-order valence-electron chi connectivity index (χ0n) is 19.8. The normalized spacial score (nSPS) is 17.9. The first-order valence-corrected chi connectivity index (χ1v) is 12.4. The first kappa shape index (κ1) is 23.5. The molecule has 4 rings (SSSR count). The number of rotatable bonds is 5. The van der Waals surface area contributed by atoms with Crippen LogP contribution < -0.4 is 11.0 Å². The van der Waals surface area contributed by atoms with Crippen LogP contribution in [-0.2, 0) is 25.9 Å². The van der Waals surface area contributed by atoms with Gasteiger partial charge in [0.15, 0.2) is 0 Å². The summed E-state index contributed by atoms with van der Waals surface area (Å²) in [5, 5.41) is 0.492. The fourth-order valence-corrected chi connectivity index (χ4v) is 5.17. The van der Waals surface area contributed by atoms with E-state index in [9.17, 15) is 13.2 Å². The molecule has 0 saturated carbocycles. The number of fused-ring (bicyclic) bond motifs is 1. The van der Waals surface area contributed by atoms with E-state index >= 15 is 0 Å². The number of benzene rings is 1. The Kier molecular flexibility index (Phi) is 5.71. The van der Waals surface area contributed by atoms with Gasteiger partial charge in [0.25, 0.3) is 15.6 Å². The Balaban J connectivity index is 1.96. The van der Waals surface area contributed by atoms with Gasteiger partial charge in [0, 0.05) is 29.8 Å². The highest BCUT2D eigenvalue weighted by atomic mass is 32.2. The van der Waals surface area contributed by atoms with Crippen LogP contribution in [0.4, 0.5) is 0 Å². The quantitative estimate of drug-likeness (QED) is 0.425. The molecular formula is C24H29BN2O5S. The van der Waals surface area contributed by atoms with E-state index in [1.54, 1.807) is 36.5 Å². The molecule has 1 aromatic carbocycles. The monoisotopic (exact) mass is 468 g/mol. The van der Waals surface area contributed by atoms with Crippen molar-refractivity contribution in [3.05, 3.63) is 70.8 Å². The van der Waals surface area contributed by atoms with Crippen LogP contribution in [0.5, 0.6) is 0 Å². The molecule has 3 aromatic rings. The molecule has 0 N–H and O–H groups in total. The summed E-state index contributed by atoms with van der Waals surface area (Å²) in [5.41, 5.74) is 0.0837. The van der Waals surface area contributed by atoms with Gasteiger partial charge in [-0.3, -0.25) is 4.79 Å². The molecule has 0 amide bonds.